The first-order valence-corrected chi connectivity index (χ1v) is 3.70. The third-order valence-corrected chi connectivity index (χ3v) is 1.28. The van der Waals surface area contributed by atoms with E-state index in [9.17, 15) is 4.39 Å². The van der Waals surface area contributed by atoms with Crippen molar-refractivity contribution in [3.63, 3.8) is 0 Å². The van der Waals surface area contributed by atoms with E-state index in [0.29, 0.717) is 6.42 Å². The molecule has 1 nitrogen and oxygen atoms in total. The Kier molecular flexibility index (Phi) is 3.87. The van der Waals surface area contributed by atoms with Crippen molar-refractivity contribution in [1.82, 2.24) is 0 Å². The van der Waals surface area contributed by atoms with Crippen LogP contribution in [-0.2, 0) is 0 Å². The fourth-order valence-electron chi connectivity index (χ4n) is 0.907. The Morgan fingerprint density at radius 2 is 1.90 bits per heavy atom. The van der Waals surface area contributed by atoms with Gasteiger partial charge in [-0.05, 0) is 11.8 Å². The van der Waals surface area contributed by atoms with E-state index in [4.69, 9.17) is 5.11 Å². The monoisotopic (exact) mass is 148 g/mol. The van der Waals surface area contributed by atoms with Gasteiger partial charge in [0.15, 0.2) is 0 Å². The highest BCUT2D eigenvalue weighted by Gasteiger charge is 2.16. The number of aliphatic hydroxyl groups is 1. The van der Waals surface area contributed by atoms with Gasteiger partial charge in [-0.1, -0.05) is 20.8 Å². The number of hydrogen-bond acceptors (Lipinski definition) is 1. The lowest BCUT2D eigenvalue weighted by Gasteiger charge is -2.20. The van der Waals surface area contributed by atoms with Crippen LogP contribution < -0.4 is 0 Å². The van der Waals surface area contributed by atoms with Crippen molar-refractivity contribution in [2.24, 2.45) is 5.41 Å². The van der Waals surface area contributed by atoms with Crippen molar-refractivity contribution in [3.8, 4) is 0 Å². The summed E-state index contributed by atoms with van der Waals surface area (Å²) < 4.78 is 12.7. The molecule has 0 aromatic carbocycles. The number of aliphatic hydroxyl groups excluding tert-OH is 1. The van der Waals surface area contributed by atoms with Crippen molar-refractivity contribution in [2.45, 2.75) is 39.8 Å². The molecule has 0 aromatic rings. The fourth-order valence-corrected chi connectivity index (χ4v) is 0.907. The van der Waals surface area contributed by atoms with Crippen LogP contribution in [-0.4, -0.2) is 17.9 Å². The van der Waals surface area contributed by atoms with Crippen LogP contribution in [0.3, 0.4) is 0 Å². The molecule has 0 aliphatic carbocycles. The first-order valence-electron chi connectivity index (χ1n) is 3.70. The van der Waals surface area contributed by atoms with Crippen molar-refractivity contribution >= 4 is 0 Å². The maximum Gasteiger partial charge on any atom is 0.103 e. The average Bonchev–Trinajstić information content (AvgIpc) is 1.59. The highest BCUT2D eigenvalue weighted by Crippen LogP contribution is 2.23. The lowest BCUT2D eigenvalue weighted by molar-refractivity contribution is 0.173. The topological polar surface area (TPSA) is 20.2 Å². The van der Waals surface area contributed by atoms with Crippen LogP contribution in [0.4, 0.5) is 4.39 Å². The number of alkyl halides is 1. The maximum atomic E-state index is 12.7. The van der Waals surface area contributed by atoms with E-state index in [-0.39, 0.29) is 18.4 Å². The predicted molar refractivity (Wildman–Crippen MR) is 40.7 cm³/mol. The van der Waals surface area contributed by atoms with Crippen LogP contribution in [0.1, 0.15) is 33.6 Å². The summed E-state index contributed by atoms with van der Waals surface area (Å²) in [6.07, 6.45) is -0.0322. The Morgan fingerprint density at radius 1 is 1.40 bits per heavy atom. The van der Waals surface area contributed by atoms with Crippen LogP contribution in [0.15, 0.2) is 0 Å². The molecule has 0 bridgehead atoms. The second-order valence-corrected chi connectivity index (χ2v) is 3.87. The second-order valence-electron chi connectivity index (χ2n) is 3.87. The van der Waals surface area contributed by atoms with Gasteiger partial charge in [0.05, 0.1) is 0 Å². The van der Waals surface area contributed by atoms with Crippen molar-refractivity contribution in [3.05, 3.63) is 0 Å². The summed E-state index contributed by atoms with van der Waals surface area (Å²) in [7, 11) is 0. The Bertz CT molecular complexity index is 85.7. The summed E-state index contributed by atoms with van der Waals surface area (Å²) in [5, 5.41) is 8.39. The molecule has 1 unspecified atom stereocenters. The zero-order valence-electron chi connectivity index (χ0n) is 7.02. The third-order valence-electron chi connectivity index (χ3n) is 1.28. The van der Waals surface area contributed by atoms with Crippen LogP contribution in [0, 0.1) is 5.41 Å². The van der Waals surface area contributed by atoms with E-state index >= 15 is 0 Å². The van der Waals surface area contributed by atoms with Gasteiger partial charge in [-0.25, -0.2) is 4.39 Å². The van der Waals surface area contributed by atoms with E-state index in [1.807, 2.05) is 20.8 Å². The Balaban J connectivity index is 3.47. The minimum atomic E-state index is -0.843. The van der Waals surface area contributed by atoms with Crippen molar-refractivity contribution in [1.29, 1.82) is 0 Å². The van der Waals surface area contributed by atoms with Gasteiger partial charge in [0.2, 0.25) is 0 Å². The molecule has 0 aliphatic rings. The first-order chi connectivity index (χ1) is 4.45. The zero-order chi connectivity index (χ0) is 8.20. The molecule has 0 amide bonds. The van der Waals surface area contributed by atoms with Gasteiger partial charge in [-0.2, -0.15) is 0 Å². The molecule has 0 saturated carbocycles. The average molecular weight is 148 g/mol. The largest absolute Gasteiger partial charge is 0.396 e. The highest BCUT2D eigenvalue weighted by molar-refractivity contribution is 4.67. The van der Waals surface area contributed by atoms with Crippen molar-refractivity contribution in [2.75, 3.05) is 6.61 Å². The summed E-state index contributed by atoms with van der Waals surface area (Å²) in [4.78, 5) is 0. The molecule has 0 aliphatic heterocycles. The minimum Gasteiger partial charge on any atom is -0.396 e. The normalized spacial score (nSPS) is 15.3. The summed E-state index contributed by atoms with van der Waals surface area (Å²) in [6, 6.07) is 0. The van der Waals surface area contributed by atoms with E-state index in [1.165, 1.54) is 0 Å². The van der Waals surface area contributed by atoms with E-state index in [0.717, 1.165) is 0 Å². The van der Waals surface area contributed by atoms with E-state index < -0.39 is 6.17 Å². The molecule has 0 fully saturated rings. The smallest absolute Gasteiger partial charge is 0.103 e. The highest BCUT2D eigenvalue weighted by atomic mass is 19.1. The van der Waals surface area contributed by atoms with Crippen LogP contribution in [0.5, 0.6) is 0 Å². The lowest BCUT2D eigenvalue weighted by atomic mass is 9.89. The SMILES string of the molecule is CC(C)(C)CC(F)CCO. The Morgan fingerprint density at radius 3 is 2.20 bits per heavy atom. The molecule has 0 aromatic heterocycles. The molecular weight excluding hydrogens is 131 g/mol. The van der Waals surface area contributed by atoms with Crippen LogP contribution >= 0.6 is 0 Å². The molecule has 0 heterocycles. The van der Waals surface area contributed by atoms with Gasteiger partial charge in [0, 0.05) is 13.0 Å². The van der Waals surface area contributed by atoms with Gasteiger partial charge in [-0.15, -0.1) is 0 Å². The van der Waals surface area contributed by atoms with E-state index in [2.05, 4.69) is 0 Å². The maximum absolute atomic E-state index is 12.7. The fraction of sp³-hybridized carbons (Fsp3) is 1.00. The van der Waals surface area contributed by atoms with Gasteiger partial charge in [0.1, 0.15) is 6.17 Å². The first kappa shape index (κ1) is 9.89. The molecule has 62 valence electrons. The molecule has 1 N–H and O–H groups in total. The molecule has 2 heteroatoms. The zero-order valence-corrected chi connectivity index (χ0v) is 7.02. The molecule has 0 radical (unpaired) electrons. The predicted octanol–water partition coefficient (Wildman–Crippen LogP) is 2.14. The third kappa shape index (κ3) is 6.02. The molecular formula is C8H17FO. The Hall–Kier alpha value is -0.110. The van der Waals surface area contributed by atoms with Gasteiger partial charge in [-0.3, -0.25) is 0 Å². The minimum absolute atomic E-state index is 0.0363. The number of rotatable bonds is 3. The number of halogens is 1. The van der Waals surface area contributed by atoms with Crippen LogP contribution in [0.25, 0.3) is 0 Å². The van der Waals surface area contributed by atoms with Gasteiger partial charge < -0.3 is 5.11 Å². The molecule has 1 atom stereocenters. The summed E-state index contributed by atoms with van der Waals surface area (Å²) in [5.74, 6) is 0. The standard InChI is InChI=1S/C8H17FO/c1-8(2,3)6-7(9)4-5-10/h7,10H,4-6H2,1-3H3. The lowest BCUT2D eigenvalue weighted by Crippen LogP contribution is -2.14. The summed E-state index contributed by atoms with van der Waals surface area (Å²) in [5.41, 5.74) is 0.0363. The summed E-state index contributed by atoms with van der Waals surface area (Å²) in [6.45, 7) is 5.95. The molecule has 0 rings (SSSR count). The molecule has 0 spiro atoms. The molecule has 10 heavy (non-hydrogen) atoms. The van der Waals surface area contributed by atoms with Crippen molar-refractivity contribution < 1.29 is 9.50 Å². The quantitative estimate of drug-likeness (QED) is 0.650. The van der Waals surface area contributed by atoms with Gasteiger partial charge >= 0.3 is 0 Å². The number of hydrogen-bond donors (Lipinski definition) is 1. The Labute approximate surface area is 62.3 Å². The van der Waals surface area contributed by atoms with Crippen LogP contribution in [0.2, 0.25) is 0 Å². The van der Waals surface area contributed by atoms with Gasteiger partial charge in [0.25, 0.3) is 0 Å². The second kappa shape index (κ2) is 3.91. The summed E-state index contributed by atoms with van der Waals surface area (Å²) >= 11 is 0. The molecule has 0 saturated heterocycles. The van der Waals surface area contributed by atoms with E-state index in [1.54, 1.807) is 0 Å².